The zero-order valence-electron chi connectivity index (χ0n) is 38.3. The summed E-state index contributed by atoms with van der Waals surface area (Å²) in [5.41, 5.74) is 21.1. The lowest BCUT2D eigenvalue weighted by molar-refractivity contribution is 0.972. The fourth-order valence-electron chi connectivity index (χ4n) is 11.3. The van der Waals surface area contributed by atoms with Crippen LogP contribution in [0.3, 0.4) is 0 Å². The van der Waals surface area contributed by atoms with Gasteiger partial charge in [0.2, 0.25) is 0 Å². The van der Waals surface area contributed by atoms with Crippen LogP contribution < -0.4 is 9.80 Å². The Labute approximate surface area is 366 Å². The summed E-state index contributed by atoms with van der Waals surface area (Å²) in [7, 11) is -4.05. The first kappa shape index (κ1) is 40.7. The Kier molecular flexibility index (Phi) is 9.84. The third-order valence-electron chi connectivity index (χ3n) is 14.2. The second-order valence-electron chi connectivity index (χ2n) is 19.8. The van der Waals surface area contributed by atoms with Gasteiger partial charge >= 0.3 is 0 Å². The first-order chi connectivity index (χ1) is 29.0. The summed E-state index contributed by atoms with van der Waals surface area (Å²) in [5, 5.41) is 5.41. The van der Waals surface area contributed by atoms with Crippen molar-refractivity contribution in [3.05, 3.63) is 190 Å². The van der Waals surface area contributed by atoms with Crippen LogP contribution >= 0.6 is 0 Å². The molecule has 1 aliphatic carbocycles. The standard InChI is InChI=1S/C57H60N2Si2/c1-37-31-49(32-38(2)41(37)5)58(45-19-15-13-16-20-45)47-25-29-51-43(35-47)23-27-53-54-28-24-44-36-48(26-30-52(44)56(54)57(55(51)53,60(7,8)9)61(10,11)12)59(46-21-17-14-18-22-46)50-33-39(3)42(6)40(4)34-50/h13-36H,1-12H3. The monoisotopic (exact) mass is 828 g/mol. The van der Waals surface area contributed by atoms with Crippen LogP contribution in [-0.2, 0) is 4.66 Å². The molecule has 0 aliphatic heterocycles. The summed E-state index contributed by atoms with van der Waals surface area (Å²) in [6.07, 6.45) is 0. The molecule has 0 bridgehead atoms. The van der Waals surface area contributed by atoms with E-state index in [0.29, 0.717) is 0 Å². The second kappa shape index (κ2) is 14.7. The van der Waals surface area contributed by atoms with Gasteiger partial charge in [0.15, 0.2) is 0 Å². The van der Waals surface area contributed by atoms with E-state index in [1.165, 1.54) is 100 Å². The van der Waals surface area contributed by atoms with Crippen molar-refractivity contribution in [1.82, 2.24) is 0 Å². The summed E-state index contributed by atoms with van der Waals surface area (Å²) >= 11 is 0. The van der Waals surface area contributed by atoms with Gasteiger partial charge in [-0.2, -0.15) is 0 Å². The van der Waals surface area contributed by atoms with E-state index in [-0.39, 0.29) is 4.66 Å². The molecule has 8 aromatic rings. The molecule has 0 radical (unpaired) electrons. The number of aryl methyl sites for hydroxylation is 4. The van der Waals surface area contributed by atoms with Crippen LogP contribution in [0.25, 0.3) is 32.7 Å². The third-order valence-corrected chi connectivity index (χ3v) is 24.2. The molecule has 8 aromatic carbocycles. The van der Waals surface area contributed by atoms with Crippen molar-refractivity contribution in [3.63, 3.8) is 0 Å². The Bertz CT molecular complexity index is 2750. The molecular formula is C57H60N2Si2. The van der Waals surface area contributed by atoms with Crippen LogP contribution in [-0.4, -0.2) is 16.1 Å². The van der Waals surface area contributed by atoms with Crippen molar-refractivity contribution in [2.75, 3.05) is 9.80 Å². The molecule has 4 heteroatoms. The maximum absolute atomic E-state index is 2.64. The summed E-state index contributed by atoms with van der Waals surface area (Å²) in [4.78, 5) is 4.88. The molecule has 1 aliphatic rings. The number of rotatable bonds is 8. The summed E-state index contributed by atoms with van der Waals surface area (Å²) in [6.45, 7) is 29.2. The quantitative estimate of drug-likeness (QED) is 0.141. The van der Waals surface area contributed by atoms with Gasteiger partial charge in [-0.15, -0.1) is 0 Å². The van der Waals surface area contributed by atoms with Gasteiger partial charge in [-0.25, -0.2) is 0 Å². The number of fused-ring (bicyclic) bond motifs is 7. The van der Waals surface area contributed by atoms with Gasteiger partial charge < -0.3 is 9.80 Å². The minimum absolute atomic E-state index is 0.0404. The Morgan fingerprint density at radius 1 is 0.344 bits per heavy atom. The van der Waals surface area contributed by atoms with Crippen LogP contribution in [0.15, 0.2) is 146 Å². The number of nitrogens with zero attached hydrogens (tertiary/aromatic N) is 2. The Morgan fingerprint density at radius 2 is 0.689 bits per heavy atom. The smallest absolute Gasteiger partial charge is 0.0579 e. The highest BCUT2D eigenvalue weighted by Gasteiger charge is 2.60. The lowest BCUT2D eigenvalue weighted by Gasteiger charge is -2.52. The molecule has 0 N–H and O–H groups in total. The molecule has 2 nitrogen and oxygen atoms in total. The molecule has 0 unspecified atom stereocenters. The summed E-state index contributed by atoms with van der Waals surface area (Å²) < 4.78 is -0.0404. The van der Waals surface area contributed by atoms with Crippen molar-refractivity contribution in [2.24, 2.45) is 0 Å². The van der Waals surface area contributed by atoms with Crippen molar-refractivity contribution >= 4 is 71.8 Å². The van der Waals surface area contributed by atoms with Gasteiger partial charge in [-0.1, -0.05) is 112 Å². The van der Waals surface area contributed by atoms with Crippen LogP contribution in [0.1, 0.15) is 44.5 Å². The predicted octanol–water partition coefficient (Wildman–Crippen LogP) is 16.8. The molecule has 0 saturated carbocycles. The predicted molar refractivity (Wildman–Crippen MR) is 272 cm³/mol. The summed E-state index contributed by atoms with van der Waals surface area (Å²) in [6, 6.07) is 55.5. The molecule has 306 valence electrons. The highest BCUT2D eigenvalue weighted by molar-refractivity contribution is 7.00. The number of hydrogen-bond acceptors (Lipinski definition) is 2. The number of benzene rings is 8. The van der Waals surface area contributed by atoms with E-state index in [0.717, 1.165) is 0 Å². The lowest BCUT2D eigenvalue weighted by atomic mass is 9.97. The minimum Gasteiger partial charge on any atom is -0.310 e. The van der Waals surface area contributed by atoms with Crippen molar-refractivity contribution in [2.45, 2.75) is 85.5 Å². The zero-order valence-corrected chi connectivity index (χ0v) is 40.3. The van der Waals surface area contributed by atoms with Crippen molar-refractivity contribution < 1.29 is 0 Å². The number of para-hydroxylation sites is 2. The molecule has 0 aromatic heterocycles. The molecular weight excluding hydrogens is 769 g/mol. The Hall–Kier alpha value is -5.69. The average molecular weight is 829 g/mol. The minimum atomic E-state index is -2.02. The Morgan fingerprint density at radius 3 is 1.02 bits per heavy atom. The van der Waals surface area contributed by atoms with Crippen molar-refractivity contribution in [3.8, 4) is 11.1 Å². The Balaban J connectivity index is 1.27. The molecule has 0 fully saturated rings. The maximum atomic E-state index is 2.64. The average Bonchev–Trinajstić information content (AvgIpc) is 3.56. The van der Waals surface area contributed by atoms with Crippen molar-refractivity contribution in [1.29, 1.82) is 0 Å². The van der Waals surface area contributed by atoms with Gasteiger partial charge in [0.25, 0.3) is 0 Å². The van der Waals surface area contributed by atoms with Crippen LogP contribution in [0.2, 0.25) is 39.3 Å². The largest absolute Gasteiger partial charge is 0.310 e. The highest BCUT2D eigenvalue weighted by Crippen LogP contribution is 2.61. The topological polar surface area (TPSA) is 6.48 Å². The van der Waals surface area contributed by atoms with Crippen LogP contribution in [0.4, 0.5) is 34.1 Å². The van der Waals surface area contributed by atoms with Gasteiger partial charge in [-0.05, 0) is 192 Å². The van der Waals surface area contributed by atoms with Crippen LogP contribution in [0, 0.1) is 41.5 Å². The molecule has 0 spiro atoms. The van der Waals surface area contributed by atoms with Gasteiger partial charge in [0, 0.05) is 38.8 Å². The van der Waals surface area contributed by atoms with E-state index in [1.807, 2.05) is 0 Å². The van der Waals surface area contributed by atoms with Crippen LogP contribution in [0.5, 0.6) is 0 Å². The molecule has 0 atom stereocenters. The molecule has 0 saturated heterocycles. The van der Waals surface area contributed by atoms with E-state index < -0.39 is 16.1 Å². The molecule has 0 heterocycles. The van der Waals surface area contributed by atoms with E-state index in [4.69, 9.17) is 0 Å². The first-order valence-corrected chi connectivity index (χ1v) is 29.0. The van der Waals surface area contributed by atoms with E-state index in [2.05, 4.69) is 236 Å². The van der Waals surface area contributed by atoms with Gasteiger partial charge in [0.05, 0.1) is 16.1 Å². The maximum Gasteiger partial charge on any atom is 0.0579 e. The van der Waals surface area contributed by atoms with Gasteiger partial charge in [-0.3, -0.25) is 0 Å². The molecule has 61 heavy (non-hydrogen) atoms. The molecule has 9 rings (SSSR count). The normalized spacial score (nSPS) is 13.4. The third kappa shape index (κ3) is 6.41. The fourth-order valence-corrected chi connectivity index (χ4v) is 24.3. The first-order valence-electron chi connectivity index (χ1n) is 22.0. The van der Waals surface area contributed by atoms with Gasteiger partial charge in [0.1, 0.15) is 0 Å². The summed E-state index contributed by atoms with van der Waals surface area (Å²) in [5.74, 6) is 0. The molecule has 0 amide bonds. The lowest BCUT2D eigenvalue weighted by Crippen LogP contribution is -2.63. The highest BCUT2D eigenvalue weighted by atomic mass is 28.4. The number of anilines is 6. The SMILES string of the molecule is Cc1cc(N(c2ccccc2)c2ccc3c4c(ccc3c2)-c2ccc3cc(N(c5ccccc5)c5cc(C)c(C)c(C)c5)ccc3c2C4([Si](C)(C)C)[Si](C)(C)C)cc(C)c1C. The zero-order chi connectivity index (χ0) is 43.2. The van der Waals surface area contributed by atoms with E-state index in [1.54, 1.807) is 11.1 Å². The van der Waals surface area contributed by atoms with E-state index in [9.17, 15) is 0 Å². The van der Waals surface area contributed by atoms with E-state index >= 15 is 0 Å². The fraction of sp³-hybridized carbons (Fsp3) is 0.228. The second-order valence-corrected chi connectivity index (χ2v) is 30.8. The number of hydrogen-bond donors (Lipinski definition) is 0.